The second kappa shape index (κ2) is 30.5. The molecule has 0 radical (unpaired) electrons. The normalized spacial score (nSPS) is 20.5. The van der Waals surface area contributed by atoms with Gasteiger partial charge in [0.1, 0.15) is 32.0 Å². The molecule has 8 aromatic rings. The van der Waals surface area contributed by atoms with E-state index in [0.717, 1.165) is 0 Å². The fourth-order valence-electron chi connectivity index (χ4n) is 10.1. The topological polar surface area (TPSA) is 266 Å². The van der Waals surface area contributed by atoms with Gasteiger partial charge in [-0.2, -0.15) is 0 Å². The van der Waals surface area contributed by atoms with E-state index in [1.54, 1.807) is 103 Å². The van der Waals surface area contributed by atoms with Gasteiger partial charge in [0.05, 0.1) is 65.8 Å². The first-order valence-electron chi connectivity index (χ1n) is 29.0. The van der Waals surface area contributed by atoms with Crippen molar-refractivity contribution in [1.82, 2.24) is 0 Å². The van der Waals surface area contributed by atoms with Gasteiger partial charge in [-0.3, -0.25) is 0 Å². The highest BCUT2D eigenvalue weighted by atomic mass is 16.8. The van der Waals surface area contributed by atoms with Crippen LogP contribution in [0.5, 0.6) is 17.2 Å². The number of esters is 8. The summed E-state index contributed by atoms with van der Waals surface area (Å²) in [4.78, 5) is 116. The number of carbonyl (C=O) groups excluding carboxylic acids is 8. The molecule has 10 rings (SSSR count). The molecule has 0 aromatic heterocycles. The molecule has 476 valence electrons. The third-order valence-electron chi connectivity index (χ3n) is 14.7. The van der Waals surface area contributed by atoms with Gasteiger partial charge >= 0.3 is 47.8 Å². The zero-order valence-electron chi connectivity index (χ0n) is 50.1. The maximum Gasteiger partial charge on any atom is 0.338 e. The third-order valence-corrected chi connectivity index (χ3v) is 14.7. The molecule has 22 heteroatoms. The second-order valence-corrected chi connectivity index (χ2v) is 20.7. The first-order chi connectivity index (χ1) is 45.3. The molecule has 8 aromatic carbocycles. The van der Waals surface area contributed by atoms with Gasteiger partial charge in [-0.05, 0) is 97.1 Å². The number of methoxy groups -OCH3 is 3. The van der Waals surface area contributed by atoms with Crippen molar-refractivity contribution < 1.29 is 105 Å². The molecule has 0 N–H and O–H groups in total. The van der Waals surface area contributed by atoms with E-state index in [-0.39, 0.29) is 61.8 Å². The summed E-state index contributed by atoms with van der Waals surface area (Å²) in [6.45, 7) is -2.87. The maximum absolute atomic E-state index is 14.9. The molecule has 0 aliphatic carbocycles. The monoisotopic (exact) mass is 1260 g/mol. The second-order valence-electron chi connectivity index (χ2n) is 20.7. The minimum absolute atomic E-state index is 0.00316. The van der Waals surface area contributed by atoms with E-state index in [9.17, 15) is 38.4 Å². The highest BCUT2D eigenvalue weighted by Crippen LogP contribution is 2.44. The van der Waals surface area contributed by atoms with Crippen molar-refractivity contribution in [1.29, 1.82) is 0 Å². The number of hydrogen-bond donors (Lipinski definition) is 0. The van der Waals surface area contributed by atoms with Gasteiger partial charge < -0.3 is 66.3 Å². The standard InChI is InChI=1S/C71H60O22/c1-80-52-39-51(40-53(81-2)56(52)82-3)64(74)84-42-55-58(88-66(76)47-31-17-7-18-32-47)61(91-69(79)50-37-23-10-24-38-50)71(92-55,43-85-63(73)45-27-13-5-14-28-45)93-70-60(90-68(78)49-35-21-9-22-36-49)59(89-67(77)48-33-19-8-20-34-48)57(87-65(75)46-29-15-6-16-30-46)54(86-70)41-83-62(72)44-25-11-4-12-26-44/h4-40,54-55,57-61,70H,41-43H2,1-3H3/t54-,55-,57-,58-,59+,60-,61+,70-,71+/m1/s1. The first kappa shape index (κ1) is 64.8. The van der Waals surface area contributed by atoms with E-state index >= 15 is 0 Å². The van der Waals surface area contributed by atoms with Crippen LogP contribution in [-0.2, 0) is 52.1 Å². The zero-order valence-corrected chi connectivity index (χ0v) is 50.1. The highest BCUT2D eigenvalue weighted by molar-refractivity contribution is 5.94. The first-order valence-corrected chi connectivity index (χ1v) is 29.0. The molecule has 2 aliphatic heterocycles. The van der Waals surface area contributed by atoms with E-state index in [4.69, 9.17) is 66.3 Å². The zero-order chi connectivity index (χ0) is 65.3. The predicted molar refractivity (Wildman–Crippen MR) is 325 cm³/mol. The van der Waals surface area contributed by atoms with Crippen molar-refractivity contribution in [3.8, 4) is 17.2 Å². The quantitative estimate of drug-likeness (QED) is 0.0402. The summed E-state index contributed by atoms with van der Waals surface area (Å²) in [7, 11) is 4.03. The summed E-state index contributed by atoms with van der Waals surface area (Å²) < 4.78 is 87.0. The van der Waals surface area contributed by atoms with Crippen LogP contribution in [0.4, 0.5) is 0 Å². The molecule has 0 unspecified atom stereocenters. The van der Waals surface area contributed by atoms with Crippen molar-refractivity contribution in [2.75, 3.05) is 41.2 Å². The Morgan fingerprint density at radius 3 is 1.05 bits per heavy atom. The molecular weight excluding hydrogens is 1200 g/mol. The molecular formula is C71H60O22. The van der Waals surface area contributed by atoms with E-state index in [1.807, 2.05) is 0 Å². The number of benzene rings is 8. The average Bonchev–Trinajstić information content (AvgIpc) is 1.67. The predicted octanol–water partition coefficient (Wildman–Crippen LogP) is 9.55. The van der Waals surface area contributed by atoms with Crippen LogP contribution in [-0.4, -0.2) is 144 Å². The Balaban J connectivity index is 1.16. The number of ether oxygens (including phenoxy) is 14. The molecule has 22 nitrogen and oxygen atoms in total. The van der Waals surface area contributed by atoms with Crippen LogP contribution in [0.25, 0.3) is 0 Å². The molecule has 0 saturated carbocycles. The Kier molecular flexibility index (Phi) is 21.3. The van der Waals surface area contributed by atoms with Gasteiger partial charge in [0.25, 0.3) is 0 Å². The highest BCUT2D eigenvalue weighted by Gasteiger charge is 2.65. The largest absolute Gasteiger partial charge is 0.493 e. The van der Waals surface area contributed by atoms with Gasteiger partial charge in [0, 0.05) is 0 Å². The Morgan fingerprint density at radius 2 is 0.667 bits per heavy atom. The van der Waals surface area contributed by atoms with Crippen LogP contribution < -0.4 is 14.2 Å². The molecule has 2 fully saturated rings. The summed E-state index contributed by atoms with van der Waals surface area (Å²) >= 11 is 0. The summed E-state index contributed by atoms with van der Waals surface area (Å²) in [6, 6.07) is 55.9. The van der Waals surface area contributed by atoms with Crippen molar-refractivity contribution in [2.24, 2.45) is 0 Å². The van der Waals surface area contributed by atoms with Crippen LogP contribution in [0.1, 0.15) is 82.9 Å². The third kappa shape index (κ3) is 15.7. The molecule has 2 heterocycles. The summed E-state index contributed by atoms with van der Waals surface area (Å²) in [5, 5.41) is 0. The van der Waals surface area contributed by atoms with Crippen LogP contribution in [0, 0.1) is 0 Å². The van der Waals surface area contributed by atoms with Crippen molar-refractivity contribution in [3.63, 3.8) is 0 Å². The maximum atomic E-state index is 14.9. The van der Waals surface area contributed by atoms with Crippen LogP contribution >= 0.6 is 0 Å². The van der Waals surface area contributed by atoms with E-state index in [1.165, 1.54) is 143 Å². The average molecular weight is 1270 g/mol. The smallest absolute Gasteiger partial charge is 0.338 e. The van der Waals surface area contributed by atoms with Gasteiger partial charge in [-0.15, -0.1) is 0 Å². The Morgan fingerprint density at radius 1 is 0.344 bits per heavy atom. The van der Waals surface area contributed by atoms with Crippen LogP contribution in [0.2, 0.25) is 0 Å². The summed E-state index contributed by atoms with van der Waals surface area (Å²) in [5.74, 6) is -10.9. The van der Waals surface area contributed by atoms with E-state index in [2.05, 4.69) is 0 Å². The lowest BCUT2D eigenvalue weighted by Gasteiger charge is -2.46. The molecule has 2 saturated heterocycles. The van der Waals surface area contributed by atoms with Gasteiger partial charge in [-0.25, -0.2) is 38.4 Å². The van der Waals surface area contributed by atoms with Crippen molar-refractivity contribution >= 4 is 47.8 Å². The minimum atomic E-state index is -2.92. The Hall–Kier alpha value is -11.2. The Bertz CT molecular complexity index is 3850. The van der Waals surface area contributed by atoms with E-state index < -0.39 is 122 Å². The lowest BCUT2D eigenvalue weighted by molar-refractivity contribution is -0.380. The van der Waals surface area contributed by atoms with Gasteiger partial charge in [0.2, 0.25) is 17.8 Å². The van der Waals surface area contributed by atoms with Crippen LogP contribution in [0.3, 0.4) is 0 Å². The molecule has 0 spiro atoms. The molecule has 0 amide bonds. The molecule has 2 aliphatic rings. The van der Waals surface area contributed by atoms with Gasteiger partial charge in [-0.1, -0.05) is 127 Å². The summed E-state index contributed by atoms with van der Waals surface area (Å²) in [5.41, 5.74) is -0.276. The number of hydrogen-bond acceptors (Lipinski definition) is 22. The van der Waals surface area contributed by atoms with Crippen molar-refractivity contribution in [2.45, 2.75) is 54.8 Å². The lowest BCUT2D eigenvalue weighted by atomic mass is 9.97. The fraction of sp³-hybridized carbons (Fsp3) is 0.211. The SMILES string of the molecule is COc1cc(C(=O)OC[C@H]2O[C@@](COC(=O)c3ccccc3)(O[C@H]3O[C@H](COC(=O)c4ccccc4)[C@@H](OC(=O)c4ccccc4)[C@H](OC(=O)c4ccccc4)[C@H]3OC(=O)c3ccccc3)[C@@H](OC(=O)c3ccccc3)[C@@H]2OC(=O)c2ccccc2)cc(OC)c1OC. The van der Waals surface area contributed by atoms with Crippen LogP contribution in [0.15, 0.2) is 224 Å². The fourth-order valence-corrected chi connectivity index (χ4v) is 10.1. The Labute approximate surface area is 532 Å². The lowest BCUT2D eigenvalue weighted by Crippen LogP contribution is -2.66. The van der Waals surface area contributed by atoms with E-state index in [0.29, 0.717) is 0 Å². The number of carbonyl (C=O) groups is 8. The van der Waals surface area contributed by atoms with Gasteiger partial charge in [0.15, 0.2) is 42.0 Å². The minimum Gasteiger partial charge on any atom is -0.493 e. The summed E-state index contributed by atoms with van der Waals surface area (Å²) in [6.07, 6.45) is -16.1. The molecule has 9 atom stereocenters. The molecule has 93 heavy (non-hydrogen) atoms. The molecule has 0 bridgehead atoms. The van der Waals surface area contributed by atoms with Crippen molar-refractivity contribution in [3.05, 3.63) is 269 Å². The number of rotatable bonds is 24.